The third-order valence-corrected chi connectivity index (χ3v) is 3.33. The van der Waals surface area contributed by atoms with Gasteiger partial charge in [0.25, 0.3) is 0 Å². The first-order valence-electron chi connectivity index (χ1n) is 7.16. The summed E-state index contributed by atoms with van der Waals surface area (Å²) >= 11 is 11.7. The molecule has 0 fully saturated rings. The summed E-state index contributed by atoms with van der Waals surface area (Å²) in [4.78, 5) is 23.3. The molecule has 1 aromatic carbocycles. The van der Waals surface area contributed by atoms with Gasteiger partial charge < -0.3 is 15.4 Å². The number of hydrogen-bond acceptors (Lipinski definition) is 3. The molecule has 0 saturated heterocycles. The summed E-state index contributed by atoms with van der Waals surface area (Å²) in [5.74, 6) is -1.48. The number of rotatable bonds is 8. The lowest BCUT2D eigenvalue weighted by Gasteiger charge is -2.08. The molecule has 2 amide bonds. The van der Waals surface area contributed by atoms with Gasteiger partial charge in [-0.2, -0.15) is 0 Å². The number of nitrogens with one attached hydrogen (secondary N) is 2. The van der Waals surface area contributed by atoms with Crippen molar-refractivity contribution < 1.29 is 14.3 Å². The number of halogens is 2. The van der Waals surface area contributed by atoms with Gasteiger partial charge in [-0.1, -0.05) is 36.5 Å². The lowest BCUT2D eigenvalue weighted by atomic mass is 10.3. The SMILES string of the molecule is CCCCOCCCNC(=O)C(=O)Nc1ccc(Cl)cc1Cl. The minimum absolute atomic E-state index is 0.276. The van der Waals surface area contributed by atoms with Crippen molar-refractivity contribution in [2.75, 3.05) is 25.1 Å². The fourth-order valence-corrected chi connectivity index (χ4v) is 2.03. The fourth-order valence-electron chi connectivity index (χ4n) is 1.57. The number of carbonyl (C=O) groups is 2. The minimum atomic E-state index is -0.767. The highest BCUT2D eigenvalue weighted by Gasteiger charge is 2.14. The highest BCUT2D eigenvalue weighted by Crippen LogP contribution is 2.25. The van der Waals surface area contributed by atoms with Gasteiger partial charge in [-0.05, 0) is 31.0 Å². The molecule has 0 aliphatic rings. The highest BCUT2D eigenvalue weighted by molar-refractivity contribution is 6.42. The number of hydrogen-bond donors (Lipinski definition) is 2. The molecule has 5 nitrogen and oxygen atoms in total. The molecule has 2 N–H and O–H groups in total. The zero-order chi connectivity index (χ0) is 16.4. The van der Waals surface area contributed by atoms with Crippen LogP contribution in [-0.4, -0.2) is 31.6 Å². The summed E-state index contributed by atoms with van der Waals surface area (Å²) < 4.78 is 5.36. The van der Waals surface area contributed by atoms with Gasteiger partial charge in [0.05, 0.1) is 10.7 Å². The van der Waals surface area contributed by atoms with Crippen molar-refractivity contribution in [1.29, 1.82) is 0 Å². The molecule has 22 heavy (non-hydrogen) atoms. The number of benzene rings is 1. The van der Waals surface area contributed by atoms with Gasteiger partial charge >= 0.3 is 11.8 Å². The Morgan fingerprint density at radius 3 is 2.55 bits per heavy atom. The largest absolute Gasteiger partial charge is 0.381 e. The molecule has 122 valence electrons. The van der Waals surface area contributed by atoms with Crippen LogP contribution in [0, 0.1) is 0 Å². The third kappa shape index (κ3) is 7.11. The number of amides is 2. The van der Waals surface area contributed by atoms with Crippen molar-refractivity contribution in [3.05, 3.63) is 28.2 Å². The van der Waals surface area contributed by atoms with Gasteiger partial charge in [-0.3, -0.25) is 9.59 Å². The number of anilines is 1. The summed E-state index contributed by atoms with van der Waals surface area (Å²) in [6, 6.07) is 4.61. The lowest BCUT2D eigenvalue weighted by molar-refractivity contribution is -0.136. The van der Waals surface area contributed by atoms with Crippen LogP contribution in [0.15, 0.2) is 18.2 Å². The summed E-state index contributed by atoms with van der Waals surface area (Å²) in [5, 5.41) is 5.69. The molecule has 0 saturated carbocycles. The van der Waals surface area contributed by atoms with Crippen molar-refractivity contribution >= 4 is 40.7 Å². The van der Waals surface area contributed by atoms with Crippen LogP contribution in [0.2, 0.25) is 10.0 Å². The molecule has 0 radical (unpaired) electrons. The van der Waals surface area contributed by atoms with Crippen molar-refractivity contribution in [2.45, 2.75) is 26.2 Å². The smallest absolute Gasteiger partial charge is 0.313 e. The van der Waals surface area contributed by atoms with Crippen molar-refractivity contribution in [1.82, 2.24) is 5.32 Å². The van der Waals surface area contributed by atoms with E-state index in [1.54, 1.807) is 6.07 Å². The number of unbranched alkanes of at least 4 members (excludes halogenated alkanes) is 1. The van der Waals surface area contributed by atoms with Crippen LogP contribution >= 0.6 is 23.2 Å². The van der Waals surface area contributed by atoms with E-state index in [-0.39, 0.29) is 5.02 Å². The second kappa shape index (κ2) is 10.4. The van der Waals surface area contributed by atoms with E-state index in [1.807, 2.05) is 0 Å². The zero-order valence-corrected chi connectivity index (χ0v) is 14.0. The monoisotopic (exact) mass is 346 g/mol. The maximum Gasteiger partial charge on any atom is 0.313 e. The van der Waals surface area contributed by atoms with Crippen LogP contribution < -0.4 is 10.6 Å². The topological polar surface area (TPSA) is 67.4 Å². The molecule has 0 atom stereocenters. The molecule has 7 heteroatoms. The number of carbonyl (C=O) groups excluding carboxylic acids is 2. The standard InChI is InChI=1S/C15H20Cl2N2O3/c1-2-3-8-22-9-4-7-18-14(20)15(21)19-13-6-5-11(16)10-12(13)17/h5-6,10H,2-4,7-9H2,1H3,(H,18,20)(H,19,21). The molecule has 1 rings (SSSR count). The minimum Gasteiger partial charge on any atom is -0.381 e. The molecule has 1 aromatic rings. The summed E-state index contributed by atoms with van der Waals surface area (Å²) in [6.45, 7) is 3.76. The van der Waals surface area contributed by atoms with E-state index in [2.05, 4.69) is 17.6 Å². The van der Waals surface area contributed by atoms with Gasteiger partial charge in [-0.25, -0.2) is 0 Å². The maximum atomic E-state index is 11.7. The van der Waals surface area contributed by atoms with Gasteiger partial charge in [-0.15, -0.1) is 0 Å². The van der Waals surface area contributed by atoms with Gasteiger partial charge in [0, 0.05) is 24.8 Å². The van der Waals surface area contributed by atoms with E-state index >= 15 is 0 Å². The van der Waals surface area contributed by atoms with E-state index in [1.165, 1.54) is 12.1 Å². The van der Waals surface area contributed by atoms with Crippen LogP contribution in [0.25, 0.3) is 0 Å². The lowest BCUT2D eigenvalue weighted by Crippen LogP contribution is -2.36. The van der Waals surface area contributed by atoms with E-state index in [0.717, 1.165) is 19.4 Å². The predicted molar refractivity (Wildman–Crippen MR) is 88.4 cm³/mol. The Hall–Kier alpha value is -1.30. The first-order valence-corrected chi connectivity index (χ1v) is 7.92. The Bertz CT molecular complexity index is 510. The van der Waals surface area contributed by atoms with E-state index in [0.29, 0.717) is 30.3 Å². The Labute approximate surface area is 140 Å². The van der Waals surface area contributed by atoms with Crippen LogP contribution in [0.1, 0.15) is 26.2 Å². The number of ether oxygens (including phenoxy) is 1. The van der Waals surface area contributed by atoms with Crippen LogP contribution in [-0.2, 0) is 14.3 Å². The third-order valence-electron chi connectivity index (χ3n) is 2.78. The normalized spacial score (nSPS) is 10.3. The van der Waals surface area contributed by atoms with Gasteiger partial charge in [0.1, 0.15) is 0 Å². The molecule has 0 heterocycles. The van der Waals surface area contributed by atoms with Gasteiger partial charge in [0.15, 0.2) is 0 Å². The highest BCUT2D eigenvalue weighted by atomic mass is 35.5. The Morgan fingerprint density at radius 1 is 1.14 bits per heavy atom. The van der Waals surface area contributed by atoms with E-state index in [9.17, 15) is 9.59 Å². The molecule has 0 aliphatic carbocycles. The average Bonchev–Trinajstić information content (AvgIpc) is 2.48. The molecular weight excluding hydrogens is 327 g/mol. The summed E-state index contributed by atoms with van der Waals surface area (Å²) in [5.41, 5.74) is 0.342. The quantitative estimate of drug-likeness (QED) is 0.560. The molecule has 0 unspecified atom stereocenters. The Kier molecular flexibility index (Phi) is 8.89. The van der Waals surface area contributed by atoms with Crippen LogP contribution in [0.3, 0.4) is 0 Å². The summed E-state index contributed by atoms with van der Waals surface area (Å²) in [7, 11) is 0. The Morgan fingerprint density at radius 2 is 1.86 bits per heavy atom. The molecule has 0 aliphatic heterocycles. The molecule has 0 bridgehead atoms. The second-order valence-electron chi connectivity index (χ2n) is 4.65. The second-order valence-corrected chi connectivity index (χ2v) is 5.50. The summed E-state index contributed by atoms with van der Waals surface area (Å²) in [6.07, 6.45) is 2.77. The molecule has 0 aromatic heterocycles. The zero-order valence-electron chi connectivity index (χ0n) is 12.5. The first kappa shape index (κ1) is 18.7. The molecular formula is C15H20Cl2N2O3. The van der Waals surface area contributed by atoms with Crippen LogP contribution in [0.4, 0.5) is 5.69 Å². The van der Waals surface area contributed by atoms with Gasteiger partial charge in [0.2, 0.25) is 0 Å². The van der Waals surface area contributed by atoms with E-state index < -0.39 is 11.8 Å². The Balaban J connectivity index is 2.26. The fraction of sp³-hybridized carbons (Fsp3) is 0.467. The van der Waals surface area contributed by atoms with Crippen molar-refractivity contribution in [3.63, 3.8) is 0 Å². The van der Waals surface area contributed by atoms with E-state index in [4.69, 9.17) is 27.9 Å². The van der Waals surface area contributed by atoms with Crippen molar-refractivity contribution in [2.24, 2.45) is 0 Å². The predicted octanol–water partition coefficient (Wildman–Crippen LogP) is 3.25. The molecule has 0 spiro atoms. The average molecular weight is 347 g/mol. The van der Waals surface area contributed by atoms with Crippen LogP contribution in [0.5, 0.6) is 0 Å². The first-order chi connectivity index (χ1) is 10.5. The van der Waals surface area contributed by atoms with Crippen molar-refractivity contribution in [3.8, 4) is 0 Å². The maximum absolute atomic E-state index is 11.7.